The molecule has 3 heteroatoms. The molecule has 0 spiro atoms. The van der Waals surface area contributed by atoms with Crippen LogP contribution in [0, 0.1) is 12.8 Å². The summed E-state index contributed by atoms with van der Waals surface area (Å²) in [5.74, 6) is -0.0686. The van der Waals surface area contributed by atoms with Gasteiger partial charge in [-0.1, -0.05) is 45.0 Å². The van der Waals surface area contributed by atoms with E-state index in [0.717, 1.165) is 0 Å². The van der Waals surface area contributed by atoms with E-state index in [2.05, 4.69) is 26.0 Å². The molecule has 0 fully saturated rings. The summed E-state index contributed by atoms with van der Waals surface area (Å²) in [4.78, 5) is 11.9. The molecular weight excluding hydrogens is 238 g/mol. The smallest absolute Gasteiger partial charge is 0.323 e. The van der Waals surface area contributed by atoms with Gasteiger partial charge in [-0.3, -0.25) is 4.79 Å². The summed E-state index contributed by atoms with van der Waals surface area (Å²) in [6, 6.07) is 7.61. The van der Waals surface area contributed by atoms with Crippen LogP contribution in [0.15, 0.2) is 24.3 Å². The zero-order valence-electron chi connectivity index (χ0n) is 12.5. The lowest BCUT2D eigenvalue weighted by molar-refractivity contribution is -0.151. The first-order chi connectivity index (χ1) is 8.84. The number of hydrogen-bond acceptors (Lipinski definition) is 3. The fourth-order valence-corrected chi connectivity index (χ4v) is 1.99. The quantitative estimate of drug-likeness (QED) is 0.831. The molecule has 0 saturated carbocycles. The van der Waals surface area contributed by atoms with Crippen molar-refractivity contribution in [3.8, 4) is 0 Å². The predicted molar refractivity (Wildman–Crippen MR) is 78.0 cm³/mol. The average molecular weight is 263 g/mol. The second-order valence-corrected chi connectivity index (χ2v) is 5.56. The highest BCUT2D eigenvalue weighted by Crippen LogP contribution is 2.24. The van der Waals surface area contributed by atoms with Crippen LogP contribution in [0.5, 0.6) is 0 Å². The summed E-state index contributed by atoms with van der Waals surface area (Å²) in [6.45, 7) is 9.90. The summed E-state index contributed by atoms with van der Waals surface area (Å²) in [5.41, 5.74) is 8.23. The SMILES string of the molecule is Cc1ccccc1[C@H](C)[C@@H](C)OC(=O)[C@@H](N)C(C)C. The van der Waals surface area contributed by atoms with Crippen molar-refractivity contribution in [1.82, 2.24) is 0 Å². The Hall–Kier alpha value is -1.35. The summed E-state index contributed by atoms with van der Waals surface area (Å²) in [7, 11) is 0. The highest BCUT2D eigenvalue weighted by Gasteiger charge is 2.24. The van der Waals surface area contributed by atoms with Crippen molar-refractivity contribution < 1.29 is 9.53 Å². The fraction of sp³-hybridized carbons (Fsp3) is 0.562. The second kappa shape index (κ2) is 6.71. The summed E-state index contributed by atoms with van der Waals surface area (Å²) in [5, 5.41) is 0. The Morgan fingerprint density at radius 3 is 2.26 bits per heavy atom. The molecule has 0 amide bonds. The molecule has 3 nitrogen and oxygen atoms in total. The Labute approximate surface area is 116 Å². The molecule has 1 aromatic carbocycles. The standard InChI is InChI=1S/C16H25NO2/c1-10(2)15(17)16(18)19-13(5)12(4)14-9-7-6-8-11(14)3/h6-10,12-13,15H,17H2,1-5H3/t12-,13-,15+/m1/s1. The van der Waals surface area contributed by atoms with Crippen LogP contribution in [-0.4, -0.2) is 18.1 Å². The molecule has 0 aromatic heterocycles. The Kier molecular flexibility index (Phi) is 5.55. The average Bonchev–Trinajstić information content (AvgIpc) is 2.37. The van der Waals surface area contributed by atoms with Gasteiger partial charge in [-0.05, 0) is 30.9 Å². The lowest BCUT2D eigenvalue weighted by Gasteiger charge is -2.24. The van der Waals surface area contributed by atoms with Gasteiger partial charge in [-0.15, -0.1) is 0 Å². The Morgan fingerprint density at radius 1 is 1.16 bits per heavy atom. The lowest BCUT2D eigenvalue weighted by atomic mass is 9.92. The number of hydrogen-bond donors (Lipinski definition) is 1. The molecule has 0 aliphatic rings. The van der Waals surface area contributed by atoms with Gasteiger partial charge in [0, 0.05) is 5.92 Å². The molecule has 0 saturated heterocycles. The second-order valence-electron chi connectivity index (χ2n) is 5.56. The van der Waals surface area contributed by atoms with Gasteiger partial charge in [-0.2, -0.15) is 0 Å². The van der Waals surface area contributed by atoms with Gasteiger partial charge in [0.05, 0.1) is 0 Å². The molecule has 0 radical (unpaired) electrons. The maximum atomic E-state index is 11.9. The third-order valence-corrected chi connectivity index (χ3v) is 3.68. The first-order valence-electron chi connectivity index (χ1n) is 6.86. The number of esters is 1. The number of ether oxygens (including phenoxy) is 1. The molecule has 1 rings (SSSR count). The predicted octanol–water partition coefficient (Wildman–Crippen LogP) is 3.01. The van der Waals surface area contributed by atoms with Gasteiger partial charge in [0.25, 0.3) is 0 Å². The summed E-state index contributed by atoms with van der Waals surface area (Å²) >= 11 is 0. The minimum atomic E-state index is -0.550. The summed E-state index contributed by atoms with van der Waals surface area (Å²) in [6.07, 6.45) is -0.182. The van der Waals surface area contributed by atoms with Gasteiger partial charge in [0.15, 0.2) is 0 Å². The number of aryl methyl sites for hydroxylation is 1. The molecule has 0 aliphatic carbocycles. The molecule has 106 valence electrons. The molecule has 0 aliphatic heterocycles. The van der Waals surface area contributed by atoms with Crippen LogP contribution >= 0.6 is 0 Å². The maximum Gasteiger partial charge on any atom is 0.323 e. The van der Waals surface area contributed by atoms with Crippen LogP contribution in [0.2, 0.25) is 0 Å². The van der Waals surface area contributed by atoms with Crippen molar-refractivity contribution >= 4 is 5.97 Å². The fourth-order valence-electron chi connectivity index (χ4n) is 1.99. The number of carbonyl (C=O) groups is 1. The normalized spacial score (nSPS) is 15.9. The largest absolute Gasteiger partial charge is 0.461 e. The number of rotatable bonds is 5. The molecule has 1 aromatic rings. The van der Waals surface area contributed by atoms with Gasteiger partial charge >= 0.3 is 5.97 Å². The van der Waals surface area contributed by atoms with Crippen molar-refractivity contribution in [2.24, 2.45) is 11.7 Å². The zero-order chi connectivity index (χ0) is 14.6. The molecule has 2 N–H and O–H groups in total. The van der Waals surface area contributed by atoms with Gasteiger partial charge < -0.3 is 10.5 Å². The number of nitrogens with two attached hydrogens (primary N) is 1. The van der Waals surface area contributed by atoms with E-state index < -0.39 is 6.04 Å². The molecular formula is C16H25NO2. The Morgan fingerprint density at radius 2 is 1.74 bits per heavy atom. The highest BCUT2D eigenvalue weighted by atomic mass is 16.5. The van der Waals surface area contributed by atoms with Crippen LogP contribution in [0.25, 0.3) is 0 Å². The van der Waals surface area contributed by atoms with Crippen LogP contribution in [0.4, 0.5) is 0 Å². The van der Waals surface area contributed by atoms with E-state index in [4.69, 9.17) is 10.5 Å². The van der Waals surface area contributed by atoms with Gasteiger partial charge in [0.2, 0.25) is 0 Å². The van der Waals surface area contributed by atoms with E-state index in [0.29, 0.717) is 0 Å². The Bertz CT molecular complexity index is 429. The molecule has 0 bridgehead atoms. The Balaban J connectivity index is 2.71. The minimum Gasteiger partial charge on any atom is -0.461 e. The van der Waals surface area contributed by atoms with Gasteiger partial charge in [0.1, 0.15) is 12.1 Å². The minimum absolute atomic E-state index is 0.0912. The van der Waals surface area contributed by atoms with E-state index >= 15 is 0 Å². The molecule has 0 heterocycles. The maximum absolute atomic E-state index is 11.9. The monoisotopic (exact) mass is 263 g/mol. The van der Waals surface area contributed by atoms with Crippen molar-refractivity contribution in [2.45, 2.75) is 52.7 Å². The lowest BCUT2D eigenvalue weighted by Crippen LogP contribution is -2.39. The van der Waals surface area contributed by atoms with Crippen molar-refractivity contribution in [1.29, 1.82) is 0 Å². The highest BCUT2D eigenvalue weighted by molar-refractivity contribution is 5.76. The number of carbonyl (C=O) groups excluding carboxylic acids is 1. The van der Waals surface area contributed by atoms with Crippen molar-refractivity contribution in [2.75, 3.05) is 0 Å². The van der Waals surface area contributed by atoms with E-state index in [-0.39, 0.29) is 23.9 Å². The van der Waals surface area contributed by atoms with Crippen molar-refractivity contribution in [3.63, 3.8) is 0 Å². The van der Waals surface area contributed by atoms with E-state index in [1.54, 1.807) is 0 Å². The first-order valence-corrected chi connectivity index (χ1v) is 6.86. The van der Waals surface area contributed by atoms with Gasteiger partial charge in [-0.25, -0.2) is 0 Å². The van der Waals surface area contributed by atoms with Crippen molar-refractivity contribution in [3.05, 3.63) is 35.4 Å². The van der Waals surface area contributed by atoms with E-state index in [9.17, 15) is 4.79 Å². The molecule has 19 heavy (non-hydrogen) atoms. The molecule has 3 atom stereocenters. The van der Waals surface area contributed by atoms with Crippen LogP contribution in [0.3, 0.4) is 0 Å². The first kappa shape index (κ1) is 15.7. The summed E-state index contributed by atoms with van der Waals surface area (Å²) < 4.78 is 5.48. The zero-order valence-corrected chi connectivity index (χ0v) is 12.5. The number of benzene rings is 1. The van der Waals surface area contributed by atoms with Crippen LogP contribution < -0.4 is 5.73 Å². The van der Waals surface area contributed by atoms with E-state index in [1.807, 2.05) is 32.9 Å². The topological polar surface area (TPSA) is 52.3 Å². The third-order valence-electron chi connectivity index (χ3n) is 3.68. The van der Waals surface area contributed by atoms with E-state index in [1.165, 1.54) is 11.1 Å². The van der Waals surface area contributed by atoms with Crippen LogP contribution in [0.1, 0.15) is 44.7 Å². The van der Waals surface area contributed by atoms with Crippen LogP contribution in [-0.2, 0) is 9.53 Å². The molecule has 0 unspecified atom stereocenters. The third kappa shape index (κ3) is 4.06.